The summed E-state index contributed by atoms with van der Waals surface area (Å²) in [6.45, 7) is 2.12. The Hall–Kier alpha value is -0.750. The van der Waals surface area contributed by atoms with Crippen LogP contribution in [-0.2, 0) is 4.79 Å². The second kappa shape index (κ2) is 5.73. The highest BCUT2D eigenvalue weighted by atomic mass is 19.3. The number of hydrogen-bond acceptors (Lipinski definition) is 3. The quantitative estimate of drug-likeness (QED) is 0.743. The van der Waals surface area contributed by atoms with Gasteiger partial charge in [0.1, 0.15) is 5.54 Å². The van der Waals surface area contributed by atoms with Crippen LogP contribution in [0.15, 0.2) is 0 Å². The van der Waals surface area contributed by atoms with Gasteiger partial charge in [-0.3, -0.25) is 9.69 Å². The van der Waals surface area contributed by atoms with Crippen molar-refractivity contribution in [3.63, 3.8) is 0 Å². The fraction of sp³-hybridized carbons (Fsp3) is 0.909. The van der Waals surface area contributed by atoms with E-state index < -0.39 is 17.9 Å². The van der Waals surface area contributed by atoms with Crippen LogP contribution in [-0.4, -0.2) is 54.1 Å². The van der Waals surface area contributed by atoms with Crippen LogP contribution < -0.4 is 5.32 Å². The molecule has 0 spiro atoms. The summed E-state index contributed by atoms with van der Waals surface area (Å²) in [6.07, 6.45) is -0.852. The first-order chi connectivity index (χ1) is 7.91. The van der Waals surface area contributed by atoms with Crippen molar-refractivity contribution in [2.24, 2.45) is 0 Å². The molecule has 4 nitrogen and oxygen atoms in total. The number of nitrogens with one attached hydrogen (secondary N) is 1. The lowest BCUT2D eigenvalue weighted by Crippen LogP contribution is -2.51. The zero-order valence-electron chi connectivity index (χ0n) is 10.2. The third kappa shape index (κ3) is 3.35. The molecule has 6 heteroatoms. The first kappa shape index (κ1) is 14.3. The minimum atomic E-state index is -2.38. The van der Waals surface area contributed by atoms with Gasteiger partial charge in [-0.05, 0) is 32.9 Å². The van der Waals surface area contributed by atoms with E-state index in [1.807, 2.05) is 6.92 Å². The van der Waals surface area contributed by atoms with E-state index in [1.54, 1.807) is 11.9 Å². The molecule has 100 valence electrons. The van der Waals surface area contributed by atoms with Gasteiger partial charge in [-0.15, -0.1) is 0 Å². The Morgan fingerprint density at radius 3 is 2.76 bits per heavy atom. The molecule has 2 unspecified atom stereocenters. The summed E-state index contributed by atoms with van der Waals surface area (Å²) in [6, 6.07) is -0.0841. The average Bonchev–Trinajstić information content (AvgIpc) is 2.63. The van der Waals surface area contributed by atoms with Crippen molar-refractivity contribution < 1.29 is 18.7 Å². The smallest absolute Gasteiger partial charge is 0.323 e. The number of halogens is 2. The average molecular weight is 250 g/mol. The summed E-state index contributed by atoms with van der Waals surface area (Å²) >= 11 is 0. The van der Waals surface area contributed by atoms with E-state index >= 15 is 0 Å². The number of rotatable bonds is 6. The maximum Gasteiger partial charge on any atom is 0.323 e. The molecule has 0 amide bonds. The highest BCUT2D eigenvalue weighted by Gasteiger charge is 2.46. The normalized spacial score (nSPS) is 29.2. The van der Waals surface area contributed by atoms with Crippen molar-refractivity contribution in [1.82, 2.24) is 10.2 Å². The summed E-state index contributed by atoms with van der Waals surface area (Å²) in [5.41, 5.74) is -0.935. The van der Waals surface area contributed by atoms with E-state index in [1.165, 1.54) is 0 Å². The third-order valence-electron chi connectivity index (χ3n) is 3.46. The van der Waals surface area contributed by atoms with Crippen LogP contribution in [0.4, 0.5) is 8.78 Å². The van der Waals surface area contributed by atoms with E-state index in [-0.39, 0.29) is 12.6 Å². The van der Waals surface area contributed by atoms with E-state index in [0.29, 0.717) is 25.8 Å². The lowest BCUT2D eigenvalue weighted by atomic mass is 9.97. The molecule has 2 N–H and O–H groups in total. The number of carboxylic acids is 1. The third-order valence-corrected chi connectivity index (χ3v) is 3.46. The number of nitrogens with zero attached hydrogens (tertiary/aromatic N) is 1. The Bertz CT molecular complexity index is 276. The largest absolute Gasteiger partial charge is 0.480 e. The van der Waals surface area contributed by atoms with E-state index in [2.05, 4.69) is 5.32 Å². The fourth-order valence-corrected chi connectivity index (χ4v) is 2.53. The molecule has 0 aromatic carbocycles. The molecule has 0 aromatic rings. The van der Waals surface area contributed by atoms with Gasteiger partial charge in [0, 0.05) is 6.04 Å². The second-order valence-corrected chi connectivity index (χ2v) is 4.64. The minimum Gasteiger partial charge on any atom is -0.480 e. The summed E-state index contributed by atoms with van der Waals surface area (Å²) in [4.78, 5) is 12.8. The first-order valence-corrected chi connectivity index (χ1v) is 5.88. The Morgan fingerprint density at radius 2 is 2.29 bits per heavy atom. The number of carboxylic acid groups (broad SMARTS) is 1. The van der Waals surface area contributed by atoms with Crippen molar-refractivity contribution in [2.75, 3.05) is 20.1 Å². The van der Waals surface area contributed by atoms with Gasteiger partial charge < -0.3 is 10.4 Å². The van der Waals surface area contributed by atoms with Gasteiger partial charge in [-0.2, -0.15) is 0 Å². The molecule has 0 aromatic heterocycles. The topological polar surface area (TPSA) is 52.6 Å². The fourth-order valence-electron chi connectivity index (χ4n) is 2.53. The van der Waals surface area contributed by atoms with Crippen molar-refractivity contribution in [2.45, 2.75) is 44.2 Å². The van der Waals surface area contributed by atoms with E-state index in [4.69, 9.17) is 0 Å². The summed E-state index contributed by atoms with van der Waals surface area (Å²) < 4.78 is 24.5. The van der Waals surface area contributed by atoms with E-state index in [9.17, 15) is 18.7 Å². The zero-order valence-corrected chi connectivity index (χ0v) is 10.2. The molecular formula is C11H20F2N2O2. The van der Waals surface area contributed by atoms with Gasteiger partial charge in [-0.1, -0.05) is 6.92 Å². The Balaban J connectivity index is 2.63. The van der Waals surface area contributed by atoms with Crippen LogP contribution in [0.1, 0.15) is 26.2 Å². The highest BCUT2D eigenvalue weighted by molar-refractivity contribution is 5.79. The second-order valence-electron chi connectivity index (χ2n) is 4.64. The SMILES string of the molecule is CCNC1(C(=O)O)CCC(N(C)CC(F)F)C1. The Labute approximate surface area is 100.0 Å². The number of alkyl halides is 2. The lowest BCUT2D eigenvalue weighted by Gasteiger charge is -2.28. The molecular weight excluding hydrogens is 230 g/mol. The number of hydrogen-bond donors (Lipinski definition) is 2. The summed E-state index contributed by atoms with van der Waals surface area (Å²) in [5, 5.41) is 12.2. The van der Waals surface area contributed by atoms with Crippen LogP contribution in [0.2, 0.25) is 0 Å². The molecule has 0 saturated heterocycles. The van der Waals surface area contributed by atoms with Gasteiger partial charge in [0.25, 0.3) is 6.43 Å². The monoisotopic (exact) mass is 250 g/mol. The highest BCUT2D eigenvalue weighted by Crippen LogP contribution is 2.33. The van der Waals surface area contributed by atoms with Crippen molar-refractivity contribution in [1.29, 1.82) is 0 Å². The minimum absolute atomic E-state index is 0.0841. The predicted octanol–water partition coefficient (Wildman–Crippen LogP) is 1.17. The summed E-state index contributed by atoms with van der Waals surface area (Å²) in [5.74, 6) is -0.882. The number of likely N-dealkylation sites (N-methyl/N-ethyl adjacent to an activating group) is 1. The van der Waals surface area contributed by atoms with Crippen molar-refractivity contribution in [3.8, 4) is 0 Å². The molecule has 1 rings (SSSR count). The number of aliphatic carboxylic acids is 1. The van der Waals surface area contributed by atoms with Crippen molar-refractivity contribution >= 4 is 5.97 Å². The molecule has 0 heterocycles. The maximum atomic E-state index is 12.3. The lowest BCUT2D eigenvalue weighted by molar-refractivity contribution is -0.144. The van der Waals surface area contributed by atoms with Crippen LogP contribution in [0, 0.1) is 0 Å². The van der Waals surface area contributed by atoms with Gasteiger partial charge >= 0.3 is 5.97 Å². The van der Waals surface area contributed by atoms with Crippen LogP contribution in [0.5, 0.6) is 0 Å². The Kier molecular flexibility index (Phi) is 4.82. The van der Waals surface area contributed by atoms with Gasteiger partial charge in [0.2, 0.25) is 0 Å². The molecule has 0 radical (unpaired) electrons. The number of carbonyl (C=O) groups is 1. The molecule has 1 fully saturated rings. The standard InChI is InChI=1S/C11H20F2N2O2/c1-3-14-11(10(16)17)5-4-8(6-11)15(2)7-9(12)13/h8-9,14H,3-7H2,1-2H3,(H,16,17). The van der Waals surface area contributed by atoms with Crippen LogP contribution >= 0.6 is 0 Å². The Morgan fingerprint density at radius 1 is 1.65 bits per heavy atom. The maximum absolute atomic E-state index is 12.3. The molecule has 2 atom stereocenters. The molecule has 0 bridgehead atoms. The van der Waals surface area contributed by atoms with Gasteiger partial charge in [0.15, 0.2) is 0 Å². The molecule has 1 aliphatic carbocycles. The molecule has 1 aliphatic rings. The predicted molar refractivity (Wildman–Crippen MR) is 60.3 cm³/mol. The molecule has 17 heavy (non-hydrogen) atoms. The van der Waals surface area contributed by atoms with Crippen LogP contribution in [0.25, 0.3) is 0 Å². The van der Waals surface area contributed by atoms with Gasteiger partial charge in [-0.25, -0.2) is 8.78 Å². The van der Waals surface area contributed by atoms with Crippen molar-refractivity contribution in [3.05, 3.63) is 0 Å². The van der Waals surface area contributed by atoms with Crippen LogP contribution in [0.3, 0.4) is 0 Å². The van der Waals surface area contributed by atoms with E-state index in [0.717, 1.165) is 0 Å². The first-order valence-electron chi connectivity index (χ1n) is 5.88. The molecule has 0 aliphatic heterocycles. The zero-order chi connectivity index (χ0) is 13.1. The van der Waals surface area contributed by atoms with Gasteiger partial charge in [0.05, 0.1) is 6.54 Å². The summed E-state index contributed by atoms with van der Waals surface area (Å²) in [7, 11) is 1.63. The molecule has 1 saturated carbocycles.